The summed E-state index contributed by atoms with van der Waals surface area (Å²) < 4.78 is 5.61. The topological polar surface area (TPSA) is 46.5 Å². The van der Waals surface area contributed by atoms with Crippen LogP contribution in [0.1, 0.15) is 5.56 Å². The third-order valence-electron chi connectivity index (χ3n) is 2.43. The van der Waals surface area contributed by atoms with Crippen LogP contribution in [-0.4, -0.2) is 11.1 Å². The fourth-order valence-electron chi connectivity index (χ4n) is 1.51. The summed E-state index contributed by atoms with van der Waals surface area (Å²) in [5, 5.41) is 9.61. The molecule has 0 amide bonds. The second-order valence-electron chi connectivity index (χ2n) is 3.91. The van der Waals surface area contributed by atoms with Gasteiger partial charge in [0.05, 0.1) is 5.02 Å². The van der Waals surface area contributed by atoms with E-state index in [0.29, 0.717) is 27.1 Å². The third-order valence-corrected chi connectivity index (χ3v) is 3.01. The lowest BCUT2D eigenvalue weighted by atomic mass is 10.2. The van der Waals surface area contributed by atoms with Gasteiger partial charge in [0.15, 0.2) is 0 Å². The molecule has 20 heavy (non-hydrogen) atoms. The van der Waals surface area contributed by atoms with E-state index in [9.17, 15) is 4.79 Å². The van der Waals surface area contributed by atoms with Crippen molar-refractivity contribution in [2.45, 2.75) is 0 Å². The molecule has 0 fully saturated rings. The van der Waals surface area contributed by atoms with Gasteiger partial charge in [0.1, 0.15) is 11.5 Å². The van der Waals surface area contributed by atoms with Crippen molar-refractivity contribution in [3.05, 3.63) is 64.1 Å². The minimum Gasteiger partial charge on any atom is -0.478 e. The van der Waals surface area contributed by atoms with Crippen molar-refractivity contribution < 1.29 is 14.6 Å². The van der Waals surface area contributed by atoms with Crippen molar-refractivity contribution >= 4 is 35.2 Å². The number of carbonyl (C=O) groups is 1. The Morgan fingerprint density at radius 3 is 2.30 bits per heavy atom. The number of rotatable bonds is 4. The summed E-state index contributed by atoms with van der Waals surface area (Å²) in [6.45, 7) is 0. The Hall–Kier alpha value is -1.97. The lowest BCUT2D eigenvalue weighted by Crippen LogP contribution is -1.87. The molecule has 0 bridgehead atoms. The first-order valence-electron chi connectivity index (χ1n) is 5.68. The quantitative estimate of drug-likeness (QED) is 0.818. The number of hydrogen-bond donors (Lipinski definition) is 1. The number of carboxylic acids is 1. The Balaban J connectivity index is 2.16. The number of benzene rings is 2. The van der Waals surface area contributed by atoms with Crippen LogP contribution in [0.3, 0.4) is 0 Å². The zero-order chi connectivity index (χ0) is 14.5. The molecule has 5 heteroatoms. The van der Waals surface area contributed by atoms with Crippen molar-refractivity contribution in [1.82, 2.24) is 0 Å². The molecule has 0 atom stereocenters. The zero-order valence-corrected chi connectivity index (χ0v) is 11.7. The van der Waals surface area contributed by atoms with E-state index < -0.39 is 5.97 Å². The van der Waals surface area contributed by atoms with Crippen LogP contribution in [0.2, 0.25) is 10.0 Å². The molecule has 0 heterocycles. The summed E-state index contributed by atoms with van der Waals surface area (Å²) in [5.41, 5.74) is 0.609. The molecule has 0 unspecified atom stereocenters. The summed E-state index contributed by atoms with van der Waals surface area (Å²) >= 11 is 11.8. The van der Waals surface area contributed by atoms with Crippen LogP contribution in [0.15, 0.2) is 48.5 Å². The molecule has 0 saturated carbocycles. The molecule has 2 rings (SSSR count). The van der Waals surface area contributed by atoms with Crippen molar-refractivity contribution in [1.29, 1.82) is 0 Å². The number of halogens is 2. The molecular weight excluding hydrogens is 299 g/mol. The van der Waals surface area contributed by atoms with Crippen LogP contribution in [0.4, 0.5) is 0 Å². The molecule has 3 nitrogen and oxygen atoms in total. The molecule has 0 aliphatic carbocycles. The standard InChI is InChI=1S/C15H10Cl2O3/c16-11-3-6-12(7-4-11)20-13-5-1-10(14(17)9-13)2-8-15(18)19/h1-9H,(H,18,19)/b8-2+. The van der Waals surface area contributed by atoms with E-state index in [0.717, 1.165) is 6.08 Å². The van der Waals surface area contributed by atoms with Crippen LogP contribution in [0, 0.1) is 0 Å². The molecule has 0 aromatic heterocycles. The minimum atomic E-state index is -1.03. The van der Waals surface area contributed by atoms with Gasteiger partial charge >= 0.3 is 5.97 Å². The maximum absolute atomic E-state index is 10.5. The molecule has 0 aliphatic rings. The minimum absolute atomic E-state index is 0.411. The second-order valence-corrected chi connectivity index (χ2v) is 4.75. The van der Waals surface area contributed by atoms with Gasteiger partial charge in [-0.2, -0.15) is 0 Å². The predicted molar refractivity (Wildman–Crippen MR) is 79.6 cm³/mol. The van der Waals surface area contributed by atoms with Crippen molar-refractivity contribution in [3.63, 3.8) is 0 Å². The average molecular weight is 309 g/mol. The van der Waals surface area contributed by atoms with Gasteiger partial charge in [-0.3, -0.25) is 0 Å². The van der Waals surface area contributed by atoms with Crippen LogP contribution >= 0.6 is 23.2 Å². The first-order chi connectivity index (χ1) is 9.54. The molecule has 1 N–H and O–H groups in total. The van der Waals surface area contributed by atoms with E-state index in [1.54, 1.807) is 42.5 Å². The third kappa shape index (κ3) is 4.02. The summed E-state index contributed by atoms with van der Waals surface area (Å²) in [6.07, 6.45) is 2.46. The fourth-order valence-corrected chi connectivity index (χ4v) is 1.87. The highest BCUT2D eigenvalue weighted by molar-refractivity contribution is 6.32. The highest BCUT2D eigenvalue weighted by atomic mass is 35.5. The Kier molecular flexibility index (Phi) is 4.66. The smallest absolute Gasteiger partial charge is 0.328 e. The lowest BCUT2D eigenvalue weighted by molar-refractivity contribution is -0.131. The van der Waals surface area contributed by atoms with Crippen molar-refractivity contribution in [2.75, 3.05) is 0 Å². The van der Waals surface area contributed by atoms with Crippen molar-refractivity contribution in [2.24, 2.45) is 0 Å². The summed E-state index contributed by atoms with van der Waals surface area (Å²) in [5.74, 6) is 0.173. The molecule has 2 aromatic rings. The SMILES string of the molecule is O=C(O)/C=C/c1ccc(Oc2ccc(Cl)cc2)cc1Cl. The molecule has 2 aromatic carbocycles. The Morgan fingerprint density at radius 2 is 1.70 bits per heavy atom. The van der Waals surface area contributed by atoms with Crippen LogP contribution in [0.25, 0.3) is 6.08 Å². The molecule has 0 saturated heterocycles. The highest BCUT2D eigenvalue weighted by Gasteiger charge is 2.02. The van der Waals surface area contributed by atoms with Gasteiger partial charge in [-0.25, -0.2) is 4.79 Å². The summed E-state index contributed by atoms with van der Waals surface area (Å²) in [4.78, 5) is 10.5. The maximum atomic E-state index is 10.5. The van der Waals surface area contributed by atoms with E-state index in [1.165, 1.54) is 6.08 Å². The van der Waals surface area contributed by atoms with Gasteiger partial charge in [0.25, 0.3) is 0 Å². The van der Waals surface area contributed by atoms with Gasteiger partial charge < -0.3 is 9.84 Å². The molecule has 0 radical (unpaired) electrons. The van der Waals surface area contributed by atoms with E-state index in [2.05, 4.69) is 0 Å². The Bertz CT molecular complexity index is 649. The molecule has 0 aliphatic heterocycles. The largest absolute Gasteiger partial charge is 0.478 e. The number of carboxylic acid groups (broad SMARTS) is 1. The maximum Gasteiger partial charge on any atom is 0.328 e. The van der Waals surface area contributed by atoms with E-state index >= 15 is 0 Å². The first kappa shape index (κ1) is 14.4. The average Bonchev–Trinajstić information content (AvgIpc) is 2.40. The van der Waals surface area contributed by atoms with Crippen LogP contribution in [-0.2, 0) is 4.79 Å². The predicted octanol–water partition coefficient (Wildman–Crippen LogP) is 4.88. The Morgan fingerprint density at radius 1 is 1.05 bits per heavy atom. The summed E-state index contributed by atoms with van der Waals surface area (Å²) in [6, 6.07) is 12.0. The Labute approximate surface area is 126 Å². The first-order valence-corrected chi connectivity index (χ1v) is 6.44. The van der Waals surface area contributed by atoms with E-state index in [4.69, 9.17) is 33.0 Å². The number of aliphatic carboxylic acids is 1. The molecule has 0 spiro atoms. The lowest BCUT2D eigenvalue weighted by Gasteiger charge is -2.07. The van der Waals surface area contributed by atoms with Crippen LogP contribution < -0.4 is 4.74 Å². The molecular formula is C15H10Cl2O3. The number of hydrogen-bond acceptors (Lipinski definition) is 2. The normalized spacial score (nSPS) is 10.7. The second kappa shape index (κ2) is 6.46. The highest BCUT2D eigenvalue weighted by Crippen LogP contribution is 2.28. The fraction of sp³-hybridized carbons (Fsp3) is 0. The van der Waals surface area contributed by atoms with Gasteiger partial charge in [-0.15, -0.1) is 0 Å². The van der Waals surface area contributed by atoms with Gasteiger partial charge in [-0.1, -0.05) is 23.2 Å². The molecule has 102 valence electrons. The van der Waals surface area contributed by atoms with Crippen molar-refractivity contribution in [3.8, 4) is 11.5 Å². The number of ether oxygens (including phenoxy) is 1. The van der Waals surface area contributed by atoms with Gasteiger partial charge in [-0.05, 0) is 54.1 Å². The van der Waals surface area contributed by atoms with Crippen LogP contribution in [0.5, 0.6) is 11.5 Å². The van der Waals surface area contributed by atoms with Gasteiger partial charge in [0, 0.05) is 11.1 Å². The van der Waals surface area contributed by atoms with Gasteiger partial charge in [0.2, 0.25) is 0 Å². The van der Waals surface area contributed by atoms with E-state index in [1.807, 2.05) is 0 Å². The van der Waals surface area contributed by atoms with E-state index in [-0.39, 0.29) is 0 Å². The monoisotopic (exact) mass is 308 g/mol. The zero-order valence-electron chi connectivity index (χ0n) is 10.2. The summed E-state index contributed by atoms with van der Waals surface area (Å²) in [7, 11) is 0.